The van der Waals surface area contributed by atoms with E-state index in [1.807, 2.05) is 11.0 Å². The average molecular weight is 406 g/mol. The van der Waals surface area contributed by atoms with Crippen LogP contribution in [-0.2, 0) is 16.1 Å². The number of carbonyl (C=O) groups excluding carboxylic acids is 1. The molecule has 2 aliphatic heterocycles. The molecule has 162 valence electrons. The monoisotopic (exact) mass is 405 g/mol. The minimum Gasteiger partial charge on any atom is -0.370 e. The summed E-state index contributed by atoms with van der Waals surface area (Å²) >= 11 is 0. The van der Waals surface area contributed by atoms with Gasteiger partial charge in [0, 0.05) is 31.2 Å². The number of ether oxygens (including phenoxy) is 1. The largest absolute Gasteiger partial charge is 0.370 e. The maximum absolute atomic E-state index is 14.0. The summed E-state index contributed by atoms with van der Waals surface area (Å²) in [6, 6.07) is 7.17. The SMILES string of the molecule is CCN1CCC(N2CC(=O)N(CC(C)C)CC(OCc3ccccc3F)C2)CC1. The minimum absolute atomic E-state index is 0.107. The lowest BCUT2D eigenvalue weighted by atomic mass is 10.0. The quantitative estimate of drug-likeness (QED) is 0.699. The van der Waals surface area contributed by atoms with E-state index in [4.69, 9.17) is 4.74 Å². The summed E-state index contributed by atoms with van der Waals surface area (Å²) in [5.74, 6) is 0.360. The van der Waals surface area contributed by atoms with Crippen molar-refractivity contribution in [1.82, 2.24) is 14.7 Å². The summed E-state index contributed by atoms with van der Waals surface area (Å²) in [6.07, 6.45) is 2.07. The fourth-order valence-corrected chi connectivity index (χ4v) is 4.43. The number of likely N-dealkylation sites (tertiary alicyclic amines) is 1. The molecule has 1 amide bonds. The number of hydrogen-bond acceptors (Lipinski definition) is 4. The van der Waals surface area contributed by atoms with E-state index in [0.29, 0.717) is 30.6 Å². The van der Waals surface area contributed by atoms with Crippen molar-refractivity contribution < 1.29 is 13.9 Å². The number of benzene rings is 1. The van der Waals surface area contributed by atoms with Gasteiger partial charge in [0.1, 0.15) is 5.82 Å². The third kappa shape index (κ3) is 6.24. The van der Waals surface area contributed by atoms with Gasteiger partial charge in [0.25, 0.3) is 0 Å². The van der Waals surface area contributed by atoms with Gasteiger partial charge in [0.05, 0.1) is 19.3 Å². The highest BCUT2D eigenvalue weighted by atomic mass is 19.1. The van der Waals surface area contributed by atoms with Crippen molar-refractivity contribution in [1.29, 1.82) is 0 Å². The molecule has 1 aromatic rings. The van der Waals surface area contributed by atoms with Crippen LogP contribution < -0.4 is 0 Å². The maximum atomic E-state index is 14.0. The van der Waals surface area contributed by atoms with E-state index in [2.05, 4.69) is 30.6 Å². The lowest BCUT2D eigenvalue weighted by molar-refractivity contribution is -0.132. The zero-order chi connectivity index (χ0) is 20.8. The Morgan fingerprint density at radius 3 is 2.55 bits per heavy atom. The number of hydrogen-bond donors (Lipinski definition) is 0. The first-order valence-electron chi connectivity index (χ1n) is 11.1. The highest BCUT2D eigenvalue weighted by Crippen LogP contribution is 2.21. The number of piperidine rings is 1. The van der Waals surface area contributed by atoms with Crippen LogP contribution in [0.2, 0.25) is 0 Å². The van der Waals surface area contributed by atoms with Crippen LogP contribution in [0, 0.1) is 11.7 Å². The molecule has 2 aliphatic rings. The average Bonchev–Trinajstić information content (AvgIpc) is 2.86. The molecular weight excluding hydrogens is 369 g/mol. The minimum atomic E-state index is -0.236. The van der Waals surface area contributed by atoms with Crippen molar-refractivity contribution in [3.8, 4) is 0 Å². The molecule has 1 aromatic carbocycles. The molecule has 6 heteroatoms. The summed E-state index contributed by atoms with van der Waals surface area (Å²) < 4.78 is 20.2. The molecule has 1 atom stereocenters. The second-order valence-corrected chi connectivity index (χ2v) is 8.81. The lowest BCUT2D eigenvalue weighted by Gasteiger charge is -2.38. The van der Waals surface area contributed by atoms with Crippen molar-refractivity contribution in [3.63, 3.8) is 0 Å². The molecule has 2 heterocycles. The molecule has 0 spiro atoms. The third-order valence-electron chi connectivity index (χ3n) is 6.09. The first-order chi connectivity index (χ1) is 14.0. The second kappa shape index (κ2) is 10.5. The molecule has 5 nitrogen and oxygen atoms in total. The van der Waals surface area contributed by atoms with Crippen LogP contribution in [-0.4, -0.2) is 78.6 Å². The Labute approximate surface area is 174 Å². The fourth-order valence-electron chi connectivity index (χ4n) is 4.43. The molecule has 0 aliphatic carbocycles. The Hall–Kier alpha value is -1.50. The lowest BCUT2D eigenvalue weighted by Crippen LogP contribution is -2.48. The van der Waals surface area contributed by atoms with E-state index >= 15 is 0 Å². The molecule has 0 bridgehead atoms. The molecule has 0 saturated carbocycles. The van der Waals surface area contributed by atoms with Gasteiger partial charge in [-0.1, -0.05) is 39.0 Å². The Balaban J connectivity index is 1.68. The van der Waals surface area contributed by atoms with Crippen LogP contribution in [0.4, 0.5) is 4.39 Å². The molecule has 3 rings (SSSR count). The van der Waals surface area contributed by atoms with E-state index in [0.717, 1.165) is 45.6 Å². The Morgan fingerprint density at radius 1 is 1.17 bits per heavy atom. The molecule has 2 fully saturated rings. The highest BCUT2D eigenvalue weighted by molar-refractivity contribution is 5.78. The Bertz CT molecular complexity index is 661. The predicted molar refractivity (Wildman–Crippen MR) is 113 cm³/mol. The molecular formula is C23H36FN3O2. The predicted octanol–water partition coefficient (Wildman–Crippen LogP) is 3.00. The van der Waals surface area contributed by atoms with Crippen LogP contribution in [0.15, 0.2) is 24.3 Å². The number of rotatable bonds is 7. The number of nitrogens with zero attached hydrogens (tertiary/aromatic N) is 3. The summed E-state index contributed by atoms with van der Waals surface area (Å²) in [6.45, 7) is 12.5. The smallest absolute Gasteiger partial charge is 0.236 e. The number of carbonyl (C=O) groups is 1. The molecule has 0 N–H and O–H groups in total. The van der Waals surface area contributed by atoms with Crippen molar-refractivity contribution in [2.45, 2.75) is 52.4 Å². The summed E-state index contributed by atoms with van der Waals surface area (Å²) in [4.78, 5) is 19.7. The van der Waals surface area contributed by atoms with Gasteiger partial charge in [-0.3, -0.25) is 9.69 Å². The molecule has 0 aromatic heterocycles. The zero-order valence-electron chi connectivity index (χ0n) is 18.1. The van der Waals surface area contributed by atoms with E-state index in [-0.39, 0.29) is 24.4 Å². The normalized spacial score (nSPS) is 23.0. The summed E-state index contributed by atoms with van der Waals surface area (Å²) in [5, 5.41) is 0. The number of amides is 1. The van der Waals surface area contributed by atoms with E-state index in [1.165, 1.54) is 6.07 Å². The number of halogens is 1. The van der Waals surface area contributed by atoms with Gasteiger partial charge in [-0.05, 0) is 44.5 Å². The fraction of sp³-hybridized carbons (Fsp3) is 0.696. The standard InChI is InChI=1S/C23H36FN3O2/c1-4-25-11-9-20(10-12-25)26-14-21(15-27(13-18(2)3)23(28)16-26)29-17-19-7-5-6-8-22(19)24/h5-8,18,20-21H,4,9-17H2,1-3H3. The van der Waals surface area contributed by atoms with Crippen LogP contribution in [0.5, 0.6) is 0 Å². The van der Waals surface area contributed by atoms with Gasteiger partial charge in [-0.2, -0.15) is 0 Å². The molecule has 2 saturated heterocycles. The molecule has 29 heavy (non-hydrogen) atoms. The van der Waals surface area contributed by atoms with Gasteiger partial charge < -0.3 is 14.5 Å². The Morgan fingerprint density at radius 2 is 1.90 bits per heavy atom. The van der Waals surface area contributed by atoms with Crippen molar-refractivity contribution in [2.24, 2.45) is 5.92 Å². The van der Waals surface area contributed by atoms with E-state index in [1.54, 1.807) is 12.1 Å². The molecule has 1 unspecified atom stereocenters. The van der Waals surface area contributed by atoms with Crippen LogP contribution in [0.3, 0.4) is 0 Å². The van der Waals surface area contributed by atoms with E-state index in [9.17, 15) is 9.18 Å². The first kappa shape index (κ1) is 22.2. The first-order valence-corrected chi connectivity index (χ1v) is 11.1. The Kier molecular flexibility index (Phi) is 8.04. The zero-order valence-corrected chi connectivity index (χ0v) is 18.1. The topological polar surface area (TPSA) is 36.0 Å². The highest BCUT2D eigenvalue weighted by Gasteiger charge is 2.33. The van der Waals surface area contributed by atoms with Crippen molar-refractivity contribution >= 4 is 5.91 Å². The maximum Gasteiger partial charge on any atom is 0.236 e. The van der Waals surface area contributed by atoms with Crippen LogP contribution >= 0.6 is 0 Å². The van der Waals surface area contributed by atoms with Crippen LogP contribution in [0.25, 0.3) is 0 Å². The van der Waals surface area contributed by atoms with E-state index < -0.39 is 0 Å². The summed E-state index contributed by atoms with van der Waals surface area (Å²) in [7, 11) is 0. The van der Waals surface area contributed by atoms with Crippen molar-refractivity contribution in [2.75, 3.05) is 45.8 Å². The second-order valence-electron chi connectivity index (χ2n) is 8.81. The van der Waals surface area contributed by atoms with Crippen LogP contribution in [0.1, 0.15) is 39.2 Å². The van der Waals surface area contributed by atoms with Gasteiger partial charge >= 0.3 is 0 Å². The van der Waals surface area contributed by atoms with Gasteiger partial charge in [0.2, 0.25) is 5.91 Å². The summed E-state index contributed by atoms with van der Waals surface area (Å²) in [5.41, 5.74) is 0.571. The van der Waals surface area contributed by atoms with Gasteiger partial charge in [-0.25, -0.2) is 4.39 Å². The van der Waals surface area contributed by atoms with Crippen molar-refractivity contribution in [3.05, 3.63) is 35.6 Å². The molecule has 0 radical (unpaired) electrons. The van der Waals surface area contributed by atoms with Gasteiger partial charge in [-0.15, -0.1) is 0 Å². The van der Waals surface area contributed by atoms with Gasteiger partial charge in [0.15, 0.2) is 0 Å². The third-order valence-corrected chi connectivity index (χ3v) is 6.09.